The van der Waals surface area contributed by atoms with Crippen molar-refractivity contribution in [2.75, 3.05) is 0 Å². The number of aromatic nitrogens is 1. The number of allylic oxidation sites excluding steroid dienone is 2. The summed E-state index contributed by atoms with van der Waals surface area (Å²) in [6.07, 6.45) is 8.72. The summed E-state index contributed by atoms with van der Waals surface area (Å²) in [5.74, 6) is 1.21. The Bertz CT molecular complexity index is 2570. The Hall–Kier alpha value is -5.86. The van der Waals surface area contributed by atoms with Crippen LogP contribution < -0.4 is 4.74 Å². The Morgan fingerprint density at radius 1 is 0.500 bits per heavy atom. The first kappa shape index (κ1) is 25.5. The van der Waals surface area contributed by atoms with Crippen LogP contribution in [-0.2, 0) is 0 Å². The molecule has 1 aliphatic carbocycles. The zero-order valence-corrected chi connectivity index (χ0v) is 25.1. The second-order valence-electron chi connectivity index (χ2n) is 12.4. The normalized spacial score (nSPS) is 16.7. The Morgan fingerprint density at radius 2 is 1.22 bits per heavy atom. The quantitative estimate of drug-likeness (QED) is 0.201. The molecule has 8 aromatic rings. The molecule has 10 rings (SSSR count). The van der Waals surface area contributed by atoms with Gasteiger partial charge < -0.3 is 9.30 Å². The molecule has 0 amide bonds. The van der Waals surface area contributed by atoms with E-state index < -0.39 is 0 Å². The summed E-state index contributed by atoms with van der Waals surface area (Å²) >= 11 is 0. The molecule has 2 nitrogen and oxygen atoms in total. The third-order valence-corrected chi connectivity index (χ3v) is 9.91. The van der Waals surface area contributed by atoms with Crippen LogP contribution in [0, 0.1) is 0 Å². The number of benzene rings is 7. The van der Waals surface area contributed by atoms with E-state index in [-0.39, 0.29) is 12.0 Å². The van der Waals surface area contributed by atoms with Crippen LogP contribution in [-0.4, -0.2) is 10.7 Å². The first-order valence-corrected chi connectivity index (χ1v) is 16.0. The van der Waals surface area contributed by atoms with Crippen LogP contribution in [0.15, 0.2) is 164 Å². The fraction of sp³-hybridized carbons (Fsp3) is 0.0455. The van der Waals surface area contributed by atoms with E-state index in [0.717, 1.165) is 5.75 Å². The minimum atomic E-state index is 0.0494. The number of ether oxygens (including phenoxy) is 1. The third-order valence-electron chi connectivity index (χ3n) is 9.91. The molecule has 2 heterocycles. The Kier molecular flexibility index (Phi) is 5.44. The summed E-state index contributed by atoms with van der Waals surface area (Å²) in [7, 11) is 0. The summed E-state index contributed by atoms with van der Waals surface area (Å²) in [5, 5.41) is 7.50. The van der Waals surface area contributed by atoms with E-state index in [2.05, 4.69) is 168 Å². The van der Waals surface area contributed by atoms with Crippen LogP contribution >= 0.6 is 0 Å². The van der Waals surface area contributed by atoms with Gasteiger partial charge in [0.25, 0.3) is 0 Å². The van der Waals surface area contributed by atoms with Gasteiger partial charge in [0.1, 0.15) is 11.9 Å². The predicted octanol–water partition coefficient (Wildman–Crippen LogP) is 11.4. The standard InChI is InChI=1S/C44H29NO/c1-2-14-30(15-3-1)45-40-22-8-6-17-33(40)39-27-38(32-16-4-5-19-37(32)44(39)45)29-13-10-12-28(26-29)31-24-25-42-43-35(31)20-11-21-36(43)34-18-7-9-23-41(34)46-42/h1-27,34,41H. The SMILES string of the molecule is C1=CC2Oc3ccc(-c4cccc(-c5cc6c7ccccc7n(-c7ccccc7)c6c6ccccc56)c4)c4cccc(c34)C2C=C1. The lowest BCUT2D eigenvalue weighted by atomic mass is 9.83. The second kappa shape index (κ2) is 9.82. The Balaban J connectivity index is 1.20. The van der Waals surface area contributed by atoms with Gasteiger partial charge in [0.15, 0.2) is 0 Å². The smallest absolute Gasteiger partial charge is 0.128 e. The first-order valence-electron chi connectivity index (χ1n) is 16.0. The summed E-state index contributed by atoms with van der Waals surface area (Å²) < 4.78 is 8.93. The molecule has 0 radical (unpaired) electrons. The van der Waals surface area contributed by atoms with E-state index in [0.29, 0.717) is 0 Å². The first-order chi connectivity index (χ1) is 22.8. The molecule has 0 saturated heterocycles. The van der Waals surface area contributed by atoms with E-state index in [4.69, 9.17) is 4.74 Å². The molecule has 2 atom stereocenters. The van der Waals surface area contributed by atoms with Gasteiger partial charge in [-0.1, -0.05) is 121 Å². The predicted molar refractivity (Wildman–Crippen MR) is 192 cm³/mol. The average Bonchev–Trinajstić information content (AvgIpc) is 3.46. The van der Waals surface area contributed by atoms with Crippen molar-refractivity contribution in [3.63, 3.8) is 0 Å². The molecule has 0 saturated carbocycles. The van der Waals surface area contributed by atoms with E-state index in [1.165, 1.54) is 76.9 Å². The zero-order valence-electron chi connectivity index (χ0n) is 25.1. The number of nitrogens with zero attached hydrogens (tertiary/aromatic N) is 1. The number of hydrogen-bond acceptors (Lipinski definition) is 1. The van der Waals surface area contributed by atoms with E-state index in [9.17, 15) is 0 Å². The molecular formula is C44H29NO. The summed E-state index contributed by atoms with van der Waals surface area (Å²) in [6.45, 7) is 0. The topological polar surface area (TPSA) is 14.2 Å². The molecular weight excluding hydrogens is 558 g/mol. The molecule has 7 aromatic carbocycles. The highest BCUT2D eigenvalue weighted by Gasteiger charge is 2.30. The number of fused-ring (bicyclic) bond motifs is 7. The molecule has 0 N–H and O–H groups in total. The van der Waals surface area contributed by atoms with Crippen LogP contribution in [0.3, 0.4) is 0 Å². The lowest BCUT2D eigenvalue weighted by Gasteiger charge is -2.32. The molecule has 46 heavy (non-hydrogen) atoms. The maximum atomic E-state index is 6.51. The maximum Gasteiger partial charge on any atom is 0.128 e. The van der Waals surface area contributed by atoms with Gasteiger partial charge in [0.05, 0.1) is 11.0 Å². The fourth-order valence-corrected chi connectivity index (χ4v) is 7.92. The molecule has 0 bridgehead atoms. The minimum absolute atomic E-state index is 0.0494. The highest BCUT2D eigenvalue weighted by Crippen LogP contribution is 2.46. The minimum Gasteiger partial charge on any atom is -0.485 e. The van der Waals surface area contributed by atoms with Gasteiger partial charge >= 0.3 is 0 Å². The maximum absolute atomic E-state index is 6.51. The highest BCUT2D eigenvalue weighted by molar-refractivity contribution is 6.22. The number of rotatable bonds is 3. The van der Waals surface area contributed by atoms with Crippen molar-refractivity contribution in [3.8, 4) is 33.7 Å². The molecule has 2 heteroatoms. The van der Waals surface area contributed by atoms with Crippen molar-refractivity contribution < 1.29 is 4.74 Å². The van der Waals surface area contributed by atoms with Crippen molar-refractivity contribution in [1.29, 1.82) is 0 Å². The third kappa shape index (κ3) is 3.64. The average molecular weight is 588 g/mol. The summed E-state index contributed by atoms with van der Waals surface area (Å²) in [5.41, 5.74) is 9.87. The van der Waals surface area contributed by atoms with E-state index in [1.54, 1.807) is 0 Å². The second-order valence-corrected chi connectivity index (χ2v) is 12.4. The fourth-order valence-electron chi connectivity index (χ4n) is 7.92. The lowest BCUT2D eigenvalue weighted by molar-refractivity contribution is 0.227. The zero-order chi connectivity index (χ0) is 30.2. The van der Waals surface area contributed by atoms with Crippen LogP contribution in [0.25, 0.3) is 71.3 Å². The van der Waals surface area contributed by atoms with Gasteiger partial charge in [-0.05, 0) is 81.1 Å². The molecule has 216 valence electrons. The van der Waals surface area contributed by atoms with Gasteiger partial charge in [-0.3, -0.25) is 0 Å². The molecule has 0 spiro atoms. The van der Waals surface area contributed by atoms with Crippen LogP contribution in [0.4, 0.5) is 0 Å². The number of hydrogen-bond donors (Lipinski definition) is 0. The van der Waals surface area contributed by atoms with Crippen LogP contribution in [0.1, 0.15) is 11.5 Å². The van der Waals surface area contributed by atoms with Crippen LogP contribution in [0.5, 0.6) is 5.75 Å². The van der Waals surface area contributed by atoms with Crippen molar-refractivity contribution in [2.24, 2.45) is 0 Å². The monoisotopic (exact) mass is 587 g/mol. The Morgan fingerprint density at radius 3 is 2.11 bits per heavy atom. The highest BCUT2D eigenvalue weighted by atomic mass is 16.5. The van der Waals surface area contributed by atoms with Gasteiger partial charge in [0, 0.05) is 33.2 Å². The van der Waals surface area contributed by atoms with Crippen molar-refractivity contribution in [2.45, 2.75) is 12.0 Å². The van der Waals surface area contributed by atoms with Crippen molar-refractivity contribution in [1.82, 2.24) is 4.57 Å². The van der Waals surface area contributed by atoms with E-state index >= 15 is 0 Å². The molecule has 0 fully saturated rings. The summed E-state index contributed by atoms with van der Waals surface area (Å²) in [6, 6.07) is 50.9. The van der Waals surface area contributed by atoms with E-state index in [1.807, 2.05) is 0 Å². The van der Waals surface area contributed by atoms with Gasteiger partial charge in [-0.2, -0.15) is 0 Å². The van der Waals surface area contributed by atoms with Crippen molar-refractivity contribution >= 4 is 43.4 Å². The Labute approximate surface area is 267 Å². The molecule has 1 aromatic heterocycles. The van der Waals surface area contributed by atoms with Gasteiger partial charge in [-0.15, -0.1) is 0 Å². The van der Waals surface area contributed by atoms with Crippen LogP contribution in [0.2, 0.25) is 0 Å². The lowest BCUT2D eigenvalue weighted by Crippen LogP contribution is -2.27. The molecule has 2 aliphatic rings. The summed E-state index contributed by atoms with van der Waals surface area (Å²) in [4.78, 5) is 0. The van der Waals surface area contributed by atoms with Crippen molar-refractivity contribution in [3.05, 3.63) is 169 Å². The largest absolute Gasteiger partial charge is 0.485 e. The van der Waals surface area contributed by atoms with Gasteiger partial charge in [-0.25, -0.2) is 0 Å². The molecule has 2 unspecified atom stereocenters. The van der Waals surface area contributed by atoms with Gasteiger partial charge in [0.2, 0.25) is 0 Å². The number of para-hydroxylation sites is 2. The molecule has 1 aliphatic heterocycles.